The van der Waals surface area contributed by atoms with E-state index in [1.54, 1.807) is 0 Å². The highest BCUT2D eigenvalue weighted by Crippen LogP contribution is 2.56. The van der Waals surface area contributed by atoms with E-state index < -0.39 is 0 Å². The van der Waals surface area contributed by atoms with E-state index >= 15 is 0 Å². The van der Waals surface area contributed by atoms with Gasteiger partial charge in [-0.25, -0.2) is 0 Å². The van der Waals surface area contributed by atoms with Crippen molar-refractivity contribution in [1.82, 2.24) is 4.98 Å². The smallest absolute Gasteiger partial charge is 0.136 e. The van der Waals surface area contributed by atoms with Crippen LogP contribution >= 0.6 is 0 Å². The number of epoxide rings is 1. The second-order valence-corrected chi connectivity index (χ2v) is 3.60. The van der Waals surface area contributed by atoms with E-state index in [0.717, 1.165) is 12.1 Å². The molecule has 3 rings (SSSR count). The summed E-state index contributed by atoms with van der Waals surface area (Å²) in [6, 6.07) is 6.06. The summed E-state index contributed by atoms with van der Waals surface area (Å²) < 4.78 is 5.66. The average molecular weight is 161 g/mol. The fourth-order valence-electron chi connectivity index (χ4n) is 2.25. The summed E-state index contributed by atoms with van der Waals surface area (Å²) in [5, 5.41) is 0. The molecule has 0 bridgehead atoms. The van der Waals surface area contributed by atoms with Crippen molar-refractivity contribution < 1.29 is 4.74 Å². The summed E-state index contributed by atoms with van der Waals surface area (Å²) in [7, 11) is 0. The summed E-state index contributed by atoms with van der Waals surface area (Å²) in [6.07, 6.45) is 6.00. The van der Waals surface area contributed by atoms with Crippen LogP contribution in [0.5, 0.6) is 0 Å². The van der Waals surface area contributed by atoms with Crippen LogP contribution < -0.4 is 0 Å². The fourth-order valence-corrected chi connectivity index (χ4v) is 2.25. The summed E-state index contributed by atoms with van der Waals surface area (Å²) in [5.41, 5.74) is 1.17. The Morgan fingerprint density at radius 1 is 1.50 bits per heavy atom. The number of aromatic nitrogens is 1. The van der Waals surface area contributed by atoms with Crippen LogP contribution in [0.1, 0.15) is 25.0 Å². The monoisotopic (exact) mass is 161 g/mol. The molecule has 62 valence electrons. The van der Waals surface area contributed by atoms with Crippen molar-refractivity contribution in [1.29, 1.82) is 0 Å². The largest absolute Gasteiger partial charge is 0.359 e. The van der Waals surface area contributed by atoms with Gasteiger partial charge in [0.2, 0.25) is 0 Å². The Hall–Kier alpha value is -0.890. The molecule has 0 unspecified atom stereocenters. The Morgan fingerprint density at radius 2 is 2.50 bits per heavy atom. The van der Waals surface area contributed by atoms with Gasteiger partial charge in [-0.15, -0.1) is 0 Å². The van der Waals surface area contributed by atoms with Crippen LogP contribution in [0.4, 0.5) is 0 Å². The van der Waals surface area contributed by atoms with Gasteiger partial charge in [0.25, 0.3) is 0 Å². The predicted molar refractivity (Wildman–Crippen MR) is 44.6 cm³/mol. The minimum atomic E-state index is 0.0429. The molecule has 1 aromatic rings. The highest BCUT2D eigenvalue weighted by molar-refractivity contribution is 5.24. The number of ether oxygens (including phenoxy) is 1. The van der Waals surface area contributed by atoms with Crippen LogP contribution in [-0.4, -0.2) is 11.1 Å². The van der Waals surface area contributed by atoms with E-state index in [4.69, 9.17) is 4.74 Å². The molecule has 2 heterocycles. The molecule has 2 aliphatic rings. The van der Waals surface area contributed by atoms with Crippen LogP contribution in [0, 0.1) is 0 Å². The predicted octanol–water partition coefficient (Wildman–Crippen LogP) is 1.86. The van der Waals surface area contributed by atoms with Crippen molar-refractivity contribution in [2.24, 2.45) is 0 Å². The molecular weight excluding hydrogens is 150 g/mol. The Kier molecular flexibility index (Phi) is 1.14. The van der Waals surface area contributed by atoms with Crippen LogP contribution in [0.25, 0.3) is 0 Å². The molecular formula is C10H11NO. The molecule has 12 heavy (non-hydrogen) atoms. The molecule has 0 amide bonds. The lowest BCUT2D eigenvalue weighted by Crippen LogP contribution is -2.08. The summed E-state index contributed by atoms with van der Waals surface area (Å²) >= 11 is 0. The van der Waals surface area contributed by atoms with Crippen LogP contribution in [0.3, 0.4) is 0 Å². The molecule has 1 aliphatic heterocycles. The van der Waals surface area contributed by atoms with Crippen molar-refractivity contribution in [2.45, 2.75) is 31.0 Å². The van der Waals surface area contributed by atoms with E-state index in [0.29, 0.717) is 6.10 Å². The second kappa shape index (κ2) is 2.07. The van der Waals surface area contributed by atoms with Crippen molar-refractivity contribution in [3.8, 4) is 0 Å². The van der Waals surface area contributed by atoms with Gasteiger partial charge < -0.3 is 4.74 Å². The maximum atomic E-state index is 5.66. The van der Waals surface area contributed by atoms with Crippen LogP contribution in [0.2, 0.25) is 0 Å². The minimum Gasteiger partial charge on any atom is -0.359 e. The first-order valence-electron chi connectivity index (χ1n) is 4.51. The molecule has 2 fully saturated rings. The molecule has 0 radical (unpaired) electrons. The van der Waals surface area contributed by atoms with E-state index in [2.05, 4.69) is 11.1 Å². The van der Waals surface area contributed by atoms with Gasteiger partial charge in [-0.1, -0.05) is 6.07 Å². The zero-order valence-corrected chi connectivity index (χ0v) is 6.86. The SMILES string of the molecule is c1ccc([C@]23CCC[C@H]2O3)nc1. The zero-order valence-electron chi connectivity index (χ0n) is 6.86. The molecule has 1 aromatic heterocycles. The molecule has 1 saturated carbocycles. The number of fused-ring (bicyclic) bond motifs is 1. The van der Waals surface area contributed by atoms with Gasteiger partial charge in [0.05, 0.1) is 11.8 Å². The van der Waals surface area contributed by atoms with Gasteiger partial charge >= 0.3 is 0 Å². The zero-order chi connectivity index (χ0) is 8.02. The molecule has 0 aromatic carbocycles. The molecule has 0 spiro atoms. The topological polar surface area (TPSA) is 25.4 Å². The normalized spacial score (nSPS) is 37.8. The van der Waals surface area contributed by atoms with Gasteiger partial charge in [-0.05, 0) is 31.4 Å². The van der Waals surface area contributed by atoms with Crippen LogP contribution in [-0.2, 0) is 10.3 Å². The Bertz CT molecular complexity index is 298. The number of rotatable bonds is 1. The van der Waals surface area contributed by atoms with E-state index in [1.165, 1.54) is 12.8 Å². The highest BCUT2D eigenvalue weighted by atomic mass is 16.6. The standard InChI is InChI=1S/C10H11NO/c1-2-7-11-8(4-1)10-6-3-5-9(10)12-10/h1-2,4,7,9H,3,5-6H2/t9-,10-/m1/s1. The second-order valence-electron chi connectivity index (χ2n) is 3.60. The molecule has 1 aliphatic carbocycles. The third kappa shape index (κ3) is 0.707. The lowest BCUT2D eigenvalue weighted by Gasteiger charge is -2.05. The third-order valence-electron chi connectivity index (χ3n) is 2.93. The van der Waals surface area contributed by atoms with E-state index in [9.17, 15) is 0 Å². The van der Waals surface area contributed by atoms with Crippen molar-refractivity contribution >= 4 is 0 Å². The molecule has 2 atom stereocenters. The van der Waals surface area contributed by atoms with Gasteiger partial charge in [0.15, 0.2) is 0 Å². The quantitative estimate of drug-likeness (QED) is 0.587. The fraction of sp³-hybridized carbons (Fsp3) is 0.500. The molecule has 2 nitrogen and oxygen atoms in total. The summed E-state index contributed by atoms with van der Waals surface area (Å²) in [6.45, 7) is 0. The molecule has 1 saturated heterocycles. The first-order chi connectivity index (χ1) is 5.92. The van der Waals surface area contributed by atoms with Gasteiger partial charge in [0, 0.05) is 6.20 Å². The van der Waals surface area contributed by atoms with Crippen molar-refractivity contribution in [3.63, 3.8) is 0 Å². The first kappa shape index (κ1) is 6.61. The molecule has 2 heteroatoms. The van der Waals surface area contributed by atoms with Crippen LogP contribution in [0.15, 0.2) is 24.4 Å². The number of nitrogens with zero attached hydrogens (tertiary/aromatic N) is 1. The Labute approximate surface area is 71.6 Å². The van der Waals surface area contributed by atoms with Gasteiger partial charge in [-0.3, -0.25) is 4.98 Å². The van der Waals surface area contributed by atoms with Crippen molar-refractivity contribution in [3.05, 3.63) is 30.1 Å². The number of pyridine rings is 1. The van der Waals surface area contributed by atoms with E-state index in [1.807, 2.05) is 18.3 Å². The number of hydrogen-bond acceptors (Lipinski definition) is 2. The third-order valence-corrected chi connectivity index (χ3v) is 2.93. The van der Waals surface area contributed by atoms with Gasteiger partial charge in [-0.2, -0.15) is 0 Å². The first-order valence-corrected chi connectivity index (χ1v) is 4.51. The minimum absolute atomic E-state index is 0.0429. The summed E-state index contributed by atoms with van der Waals surface area (Å²) in [5.74, 6) is 0. The average Bonchev–Trinajstić information content (AvgIpc) is 2.72. The maximum Gasteiger partial charge on any atom is 0.136 e. The lowest BCUT2D eigenvalue weighted by atomic mass is 10.0. The Balaban J connectivity index is 2.00. The van der Waals surface area contributed by atoms with Gasteiger partial charge in [0.1, 0.15) is 5.60 Å². The molecule has 0 N–H and O–H groups in total. The lowest BCUT2D eigenvalue weighted by molar-refractivity contribution is 0.249. The number of hydrogen-bond donors (Lipinski definition) is 0. The Morgan fingerprint density at radius 3 is 3.08 bits per heavy atom. The highest BCUT2D eigenvalue weighted by Gasteiger charge is 2.61. The van der Waals surface area contributed by atoms with E-state index in [-0.39, 0.29) is 5.60 Å². The van der Waals surface area contributed by atoms with Crippen molar-refractivity contribution in [2.75, 3.05) is 0 Å². The maximum absolute atomic E-state index is 5.66. The summed E-state index contributed by atoms with van der Waals surface area (Å²) in [4.78, 5) is 4.35.